The molecule has 0 atom stereocenters. The van der Waals surface area contributed by atoms with Crippen LogP contribution in [-0.4, -0.2) is 23.6 Å². The fourth-order valence-corrected chi connectivity index (χ4v) is 3.19. The first-order valence-corrected chi connectivity index (χ1v) is 7.79. The van der Waals surface area contributed by atoms with Crippen molar-refractivity contribution < 1.29 is 4.92 Å². The van der Waals surface area contributed by atoms with Crippen LogP contribution in [0.3, 0.4) is 0 Å². The van der Waals surface area contributed by atoms with Crippen molar-refractivity contribution >= 4 is 11.4 Å². The number of nitro groups is 1. The third kappa shape index (κ3) is 3.94. The minimum absolute atomic E-state index is 0.179. The monoisotopic (exact) mass is 291 g/mol. The van der Waals surface area contributed by atoms with E-state index in [9.17, 15) is 10.1 Å². The Bertz CT molecular complexity index is 496. The summed E-state index contributed by atoms with van der Waals surface area (Å²) < 4.78 is 0. The zero-order valence-electron chi connectivity index (χ0n) is 12.9. The van der Waals surface area contributed by atoms with Crippen LogP contribution in [0.25, 0.3) is 0 Å². The van der Waals surface area contributed by atoms with Gasteiger partial charge in [0.25, 0.3) is 5.69 Å². The molecule has 2 rings (SSSR count). The van der Waals surface area contributed by atoms with Gasteiger partial charge in [0.05, 0.1) is 4.92 Å². The standard InChI is InChI=1S/C16H25N3O2/c1-3-8-18(14-6-4-13(17)5-7-14)15-9-12(2)10-16(11-15)19(20)21/h9-11,13-14H,3-8,17H2,1-2H3. The van der Waals surface area contributed by atoms with Crippen LogP contribution in [-0.2, 0) is 0 Å². The number of anilines is 1. The van der Waals surface area contributed by atoms with Gasteiger partial charge in [0.15, 0.2) is 0 Å². The molecule has 21 heavy (non-hydrogen) atoms. The Balaban J connectivity index is 2.27. The van der Waals surface area contributed by atoms with Crippen molar-refractivity contribution in [3.05, 3.63) is 33.9 Å². The highest BCUT2D eigenvalue weighted by atomic mass is 16.6. The first kappa shape index (κ1) is 15.8. The second-order valence-corrected chi connectivity index (χ2v) is 6.05. The maximum Gasteiger partial charge on any atom is 0.271 e. The molecule has 2 N–H and O–H groups in total. The number of hydrogen-bond donors (Lipinski definition) is 1. The first-order valence-electron chi connectivity index (χ1n) is 7.79. The highest BCUT2D eigenvalue weighted by Gasteiger charge is 2.25. The summed E-state index contributed by atoms with van der Waals surface area (Å²) in [5.41, 5.74) is 8.08. The van der Waals surface area contributed by atoms with Crippen molar-refractivity contribution in [1.82, 2.24) is 0 Å². The molecule has 0 aliphatic heterocycles. The molecule has 0 radical (unpaired) electrons. The van der Waals surface area contributed by atoms with E-state index in [2.05, 4.69) is 17.9 Å². The van der Waals surface area contributed by atoms with Crippen LogP contribution >= 0.6 is 0 Å². The SMILES string of the molecule is CCCN(c1cc(C)cc([N+](=O)[O-])c1)C1CCC(N)CC1. The van der Waals surface area contributed by atoms with Crippen LogP contribution in [0.15, 0.2) is 18.2 Å². The first-order chi connectivity index (χ1) is 10.0. The number of nitro benzene ring substituents is 1. The zero-order chi connectivity index (χ0) is 15.4. The van der Waals surface area contributed by atoms with Gasteiger partial charge in [-0.15, -0.1) is 0 Å². The summed E-state index contributed by atoms with van der Waals surface area (Å²) in [7, 11) is 0. The number of aryl methyl sites for hydroxylation is 1. The van der Waals surface area contributed by atoms with E-state index in [0.29, 0.717) is 12.1 Å². The van der Waals surface area contributed by atoms with Crippen LogP contribution in [0.1, 0.15) is 44.6 Å². The van der Waals surface area contributed by atoms with Gasteiger partial charge < -0.3 is 10.6 Å². The second-order valence-electron chi connectivity index (χ2n) is 6.05. The fourth-order valence-electron chi connectivity index (χ4n) is 3.19. The van der Waals surface area contributed by atoms with Gasteiger partial charge >= 0.3 is 0 Å². The van der Waals surface area contributed by atoms with Gasteiger partial charge in [-0.1, -0.05) is 6.92 Å². The lowest BCUT2D eigenvalue weighted by molar-refractivity contribution is -0.384. The van der Waals surface area contributed by atoms with E-state index in [1.807, 2.05) is 6.92 Å². The average Bonchev–Trinajstić information content (AvgIpc) is 2.45. The normalized spacial score (nSPS) is 22.0. The number of non-ortho nitro benzene ring substituents is 1. The van der Waals surface area contributed by atoms with Gasteiger partial charge in [-0.05, 0) is 50.7 Å². The van der Waals surface area contributed by atoms with Gasteiger partial charge in [-0.2, -0.15) is 0 Å². The Kier molecular flexibility index (Phi) is 5.17. The van der Waals surface area contributed by atoms with Gasteiger partial charge in [0.2, 0.25) is 0 Å². The molecule has 0 unspecified atom stereocenters. The third-order valence-corrected chi connectivity index (χ3v) is 4.24. The topological polar surface area (TPSA) is 72.4 Å². The molecule has 0 spiro atoms. The van der Waals surface area contributed by atoms with Crippen LogP contribution in [0.4, 0.5) is 11.4 Å². The average molecular weight is 291 g/mol. The maximum atomic E-state index is 11.1. The van der Waals surface area contributed by atoms with Crippen LogP contribution in [0.5, 0.6) is 0 Å². The van der Waals surface area contributed by atoms with Crippen molar-refractivity contribution in [1.29, 1.82) is 0 Å². The molecule has 1 aliphatic rings. The molecule has 1 fully saturated rings. The number of rotatable bonds is 5. The highest BCUT2D eigenvalue weighted by molar-refractivity contribution is 5.56. The molecule has 0 amide bonds. The molecule has 1 aliphatic carbocycles. The Morgan fingerprint density at radius 3 is 2.52 bits per heavy atom. The van der Waals surface area contributed by atoms with Gasteiger partial charge in [-0.25, -0.2) is 0 Å². The Labute approximate surface area is 126 Å². The molecule has 5 heteroatoms. The van der Waals surface area contributed by atoms with Crippen LogP contribution < -0.4 is 10.6 Å². The van der Waals surface area contributed by atoms with Crippen molar-refractivity contribution in [2.75, 3.05) is 11.4 Å². The second kappa shape index (κ2) is 6.89. The Hall–Kier alpha value is -1.62. The highest BCUT2D eigenvalue weighted by Crippen LogP contribution is 2.30. The molecular formula is C16H25N3O2. The minimum atomic E-state index is -0.308. The number of nitrogens with zero attached hydrogens (tertiary/aromatic N) is 2. The minimum Gasteiger partial charge on any atom is -0.368 e. The predicted molar refractivity (Wildman–Crippen MR) is 85.7 cm³/mol. The Morgan fingerprint density at radius 2 is 1.95 bits per heavy atom. The zero-order valence-corrected chi connectivity index (χ0v) is 12.9. The molecule has 1 aromatic rings. The van der Waals surface area contributed by atoms with E-state index >= 15 is 0 Å². The molecule has 0 heterocycles. The van der Waals surface area contributed by atoms with E-state index in [1.54, 1.807) is 12.1 Å². The van der Waals surface area contributed by atoms with Crippen LogP contribution in [0.2, 0.25) is 0 Å². The van der Waals surface area contributed by atoms with E-state index in [1.165, 1.54) is 0 Å². The summed E-state index contributed by atoms with van der Waals surface area (Å²) in [5, 5.41) is 11.1. The largest absolute Gasteiger partial charge is 0.368 e. The smallest absolute Gasteiger partial charge is 0.271 e. The predicted octanol–water partition coefficient (Wildman–Crippen LogP) is 3.39. The summed E-state index contributed by atoms with van der Waals surface area (Å²) in [6, 6.07) is 6.15. The number of nitrogens with two attached hydrogens (primary N) is 1. The van der Waals surface area contributed by atoms with Crippen molar-refractivity contribution in [2.24, 2.45) is 5.73 Å². The summed E-state index contributed by atoms with van der Waals surface area (Å²) in [5.74, 6) is 0. The molecule has 0 aromatic heterocycles. The van der Waals surface area contributed by atoms with E-state index in [-0.39, 0.29) is 10.6 Å². The van der Waals surface area contributed by atoms with Crippen molar-refractivity contribution in [3.8, 4) is 0 Å². The summed E-state index contributed by atoms with van der Waals surface area (Å²) in [4.78, 5) is 13.1. The van der Waals surface area contributed by atoms with E-state index in [4.69, 9.17) is 5.73 Å². The summed E-state index contributed by atoms with van der Waals surface area (Å²) >= 11 is 0. The van der Waals surface area contributed by atoms with Gasteiger partial charge in [-0.3, -0.25) is 10.1 Å². The maximum absolute atomic E-state index is 11.1. The van der Waals surface area contributed by atoms with Crippen molar-refractivity contribution in [2.45, 2.75) is 58.0 Å². The van der Waals surface area contributed by atoms with E-state index < -0.39 is 0 Å². The molecule has 5 nitrogen and oxygen atoms in total. The summed E-state index contributed by atoms with van der Waals surface area (Å²) in [6.07, 6.45) is 5.26. The molecule has 116 valence electrons. The number of benzene rings is 1. The Morgan fingerprint density at radius 1 is 1.29 bits per heavy atom. The molecular weight excluding hydrogens is 266 g/mol. The number of hydrogen-bond acceptors (Lipinski definition) is 4. The third-order valence-electron chi connectivity index (χ3n) is 4.24. The van der Waals surface area contributed by atoms with Crippen LogP contribution in [0, 0.1) is 17.0 Å². The molecule has 0 bridgehead atoms. The quantitative estimate of drug-likeness (QED) is 0.666. The molecule has 1 saturated carbocycles. The lowest BCUT2D eigenvalue weighted by Gasteiger charge is -2.37. The lowest BCUT2D eigenvalue weighted by atomic mass is 9.90. The van der Waals surface area contributed by atoms with Gasteiger partial charge in [0, 0.05) is 36.4 Å². The van der Waals surface area contributed by atoms with E-state index in [0.717, 1.165) is 49.9 Å². The molecule has 1 aromatic carbocycles. The van der Waals surface area contributed by atoms with Crippen molar-refractivity contribution in [3.63, 3.8) is 0 Å². The fraction of sp³-hybridized carbons (Fsp3) is 0.625. The lowest BCUT2D eigenvalue weighted by Crippen LogP contribution is -2.41. The van der Waals surface area contributed by atoms with Gasteiger partial charge in [0.1, 0.15) is 0 Å². The summed E-state index contributed by atoms with van der Waals surface area (Å²) in [6.45, 7) is 4.99. The molecule has 0 saturated heterocycles.